The average molecular weight is 271 g/mol. The molecule has 1 unspecified atom stereocenters. The molecule has 7 nitrogen and oxygen atoms in total. The Hall–Kier alpha value is -2.05. The molecule has 0 aliphatic carbocycles. The summed E-state index contributed by atoms with van der Waals surface area (Å²) in [5.41, 5.74) is 0. The molecule has 0 saturated carbocycles. The number of likely N-dealkylation sites (N-methyl/N-ethyl adjacent to an activating group) is 2. The highest BCUT2D eigenvalue weighted by Crippen LogP contribution is 1.97. The lowest BCUT2D eigenvalue weighted by atomic mass is 10.2. The van der Waals surface area contributed by atoms with Crippen molar-refractivity contribution in [2.24, 2.45) is 0 Å². The largest absolute Gasteiger partial charge is 0.480 e. The Balaban J connectivity index is 4.52. The van der Waals surface area contributed by atoms with Crippen LogP contribution in [0.3, 0.4) is 0 Å². The Kier molecular flexibility index (Phi) is 7.99. The van der Waals surface area contributed by atoms with E-state index in [4.69, 9.17) is 5.11 Å². The normalized spacial score (nSPS) is 11.3. The molecular weight excluding hydrogens is 250 g/mol. The van der Waals surface area contributed by atoms with Gasteiger partial charge in [0.05, 0.1) is 0 Å². The zero-order chi connectivity index (χ0) is 14.8. The zero-order valence-corrected chi connectivity index (χ0v) is 11.3. The van der Waals surface area contributed by atoms with E-state index in [2.05, 4.69) is 17.2 Å². The highest BCUT2D eigenvalue weighted by atomic mass is 16.4. The number of hydrogen-bond donors (Lipinski definition) is 3. The van der Waals surface area contributed by atoms with E-state index in [0.717, 1.165) is 0 Å². The monoisotopic (exact) mass is 271 g/mol. The van der Waals surface area contributed by atoms with Crippen LogP contribution < -0.4 is 10.6 Å². The summed E-state index contributed by atoms with van der Waals surface area (Å²) in [7, 11) is 0. The first kappa shape index (κ1) is 16.9. The third kappa shape index (κ3) is 6.44. The molecule has 0 fully saturated rings. The molecule has 0 aromatic rings. The van der Waals surface area contributed by atoms with Gasteiger partial charge in [-0.05, 0) is 20.3 Å². The minimum Gasteiger partial charge on any atom is -0.480 e. The van der Waals surface area contributed by atoms with Crippen molar-refractivity contribution in [2.75, 3.05) is 19.6 Å². The van der Waals surface area contributed by atoms with E-state index in [1.54, 1.807) is 13.8 Å². The Morgan fingerprint density at radius 2 is 2.00 bits per heavy atom. The lowest BCUT2D eigenvalue weighted by Gasteiger charge is -2.23. The number of hydrogen-bond acceptors (Lipinski definition) is 3. The molecule has 1 atom stereocenters. The minimum atomic E-state index is -1.14. The molecule has 3 amide bonds. The predicted molar refractivity (Wildman–Crippen MR) is 70.7 cm³/mol. The van der Waals surface area contributed by atoms with Gasteiger partial charge in [-0.15, -0.1) is 6.58 Å². The van der Waals surface area contributed by atoms with Crippen LogP contribution in [0.1, 0.15) is 20.3 Å². The van der Waals surface area contributed by atoms with Crippen LogP contribution in [0, 0.1) is 0 Å². The van der Waals surface area contributed by atoms with Gasteiger partial charge in [0.2, 0.25) is 5.91 Å². The highest BCUT2D eigenvalue weighted by molar-refractivity contribution is 5.86. The molecule has 0 aliphatic rings. The summed E-state index contributed by atoms with van der Waals surface area (Å²) < 4.78 is 0. The Morgan fingerprint density at radius 1 is 1.37 bits per heavy atom. The molecule has 7 heteroatoms. The standard InChI is InChI=1S/C12H21N3O4/c1-4-7-9(11(17)18)14-12(19)15(6-3)8-10(16)13-5-2/h4,9H,1,5-8H2,2-3H3,(H,13,16)(H,14,19)(H,17,18). The van der Waals surface area contributed by atoms with Crippen LogP contribution >= 0.6 is 0 Å². The number of aliphatic carboxylic acids is 1. The Morgan fingerprint density at radius 3 is 2.42 bits per heavy atom. The molecule has 0 saturated heterocycles. The topological polar surface area (TPSA) is 98.7 Å². The smallest absolute Gasteiger partial charge is 0.326 e. The van der Waals surface area contributed by atoms with Gasteiger partial charge in [0.25, 0.3) is 0 Å². The zero-order valence-electron chi connectivity index (χ0n) is 11.3. The van der Waals surface area contributed by atoms with Gasteiger partial charge in [0.15, 0.2) is 0 Å². The van der Waals surface area contributed by atoms with Crippen molar-refractivity contribution in [3.63, 3.8) is 0 Å². The Labute approximate surface area is 112 Å². The number of rotatable bonds is 8. The molecular formula is C12H21N3O4. The molecule has 0 bridgehead atoms. The summed E-state index contributed by atoms with van der Waals surface area (Å²) in [5, 5.41) is 13.8. The summed E-state index contributed by atoms with van der Waals surface area (Å²) in [5.74, 6) is -1.42. The SMILES string of the molecule is C=CCC(NC(=O)N(CC)CC(=O)NCC)C(=O)O. The van der Waals surface area contributed by atoms with Crippen LogP contribution in [0.15, 0.2) is 12.7 Å². The van der Waals surface area contributed by atoms with Gasteiger partial charge in [0.1, 0.15) is 12.6 Å². The summed E-state index contributed by atoms with van der Waals surface area (Å²) in [4.78, 5) is 35.4. The van der Waals surface area contributed by atoms with Crippen LogP contribution in [0.25, 0.3) is 0 Å². The maximum absolute atomic E-state index is 11.8. The van der Waals surface area contributed by atoms with Crippen LogP contribution in [0.4, 0.5) is 4.79 Å². The molecule has 0 radical (unpaired) electrons. The van der Waals surface area contributed by atoms with Crippen molar-refractivity contribution in [3.8, 4) is 0 Å². The molecule has 0 heterocycles. The van der Waals surface area contributed by atoms with E-state index in [1.165, 1.54) is 11.0 Å². The molecule has 19 heavy (non-hydrogen) atoms. The third-order valence-corrected chi connectivity index (χ3v) is 2.38. The second-order valence-corrected chi connectivity index (χ2v) is 3.83. The van der Waals surface area contributed by atoms with E-state index in [1.807, 2.05) is 0 Å². The van der Waals surface area contributed by atoms with E-state index < -0.39 is 18.0 Å². The fourth-order valence-corrected chi connectivity index (χ4v) is 1.38. The van der Waals surface area contributed by atoms with Crippen LogP contribution in [0.5, 0.6) is 0 Å². The minimum absolute atomic E-state index is 0.101. The van der Waals surface area contributed by atoms with Gasteiger partial charge in [-0.25, -0.2) is 9.59 Å². The fraction of sp³-hybridized carbons (Fsp3) is 0.583. The molecule has 0 rings (SSSR count). The second-order valence-electron chi connectivity index (χ2n) is 3.83. The lowest BCUT2D eigenvalue weighted by Crippen LogP contribution is -2.50. The lowest BCUT2D eigenvalue weighted by molar-refractivity contribution is -0.139. The number of amides is 3. The van der Waals surface area contributed by atoms with Crippen LogP contribution in [-0.4, -0.2) is 53.6 Å². The van der Waals surface area contributed by atoms with Gasteiger partial charge >= 0.3 is 12.0 Å². The quantitative estimate of drug-likeness (QED) is 0.548. The van der Waals surface area contributed by atoms with Crippen LogP contribution in [0.2, 0.25) is 0 Å². The molecule has 0 spiro atoms. The molecule has 0 aliphatic heterocycles. The van der Waals surface area contributed by atoms with Crippen molar-refractivity contribution < 1.29 is 19.5 Å². The number of nitrogens with zero attached hydrogens (tertiary/aromatic N) is 1. The van der Waals surface area contributed by atoms with Crippen molar-refractivity contribution in [1.29, 1.82) is 0 Å². The van der Waals surface area contributed by atoms with E-state index in [9.17, 15) is 14.4 Å². The van der Waals surface area contributed by atoms with Crippen molar-refractivity contribution in [1.82, 2.24) is 15.5 Å². The van der Waals surface area contributed by atoms with Crippen LogP contribution in [-0.2, 0) is 9.59 Å². The number of urea groups is 1. The number of carbonyl (C=O) groups is 3. The third-order valence-electron chi connectivity index (χ3n) is 2.38. The number of nitrogens with one attached hydrogen (secondary N) is 2. The molecule has 0 aromatic carbocycles. The maximum Gasteiger partial charge on any atom is 0.326 e. The highest BCUT2D eigenvalue weighted by Gasteiger charge is 2.22. The van der Waals surface area contributed by atoms with Crippen molar-refractivity contribution >= 4 is 17.9 Å². The van der Waals surface area contributed by atoms with Gasteiger partial charge in [-0.2, -0.15) is 0 Å². The van der Waals surface area contributed by atoms with Gasteiger partial charge in [0, 0.05) is 13.1 Å². The average Bonchev–Trinajstić information content (AvgIpc) is 2.35. The second kappa shape index (κ2) is 8.96. The van der Waals surface area contributed by atoms with Crippen molar-refractivity contribution in [3.05, 3.63) is 12.7 Å². The van der Waals surface area contributed by atoms with E-state index in [-0.39, 0.29) is 18.9 Å². The first-order valence-electron chi connectivity index (χ1n) is 6.12. The number of carboxylic acid groups (broad SMARTS) is 1. The Bertz CT molecular complexity index is 344. The van der Waals surface area contributed by atoms with Gasteiger partial charge in [-0.3, -0.25) is 4.79 Å². The predicted octanol–water partition coefficient (Wildman–Crippen LogP) is 0.183. The summed E-state index contributed by atoms with van der Waals surface area (Å²) >= 11 is 0. The first-order valence-corrected chi connectivity index (χ1v) is 6.12. The number of carbonyl (C=O) groups excluding carboxylic acids is 2. The maximum atomic E-state index is 11.8. The molecule has 3 N–H and O–H groups in total. The van der Waals surface area contributed by atoms with Gasteiger partial charge in [-0.1, -0.05) is 6.08 Å². The van der Waals surface area contributed by atoms with Crippen molar-refractivity contribution in [2.45, 2.75) is 26.3 Å². The summed E-state index contributed by atoms with van der Waals surface area (Å²) in [6.45, 7) is 7.61. The fourth-order valence-electron chi connectivity index (χ4n) is 1.38. The number of carboxylic acids is 1. The van der Waals surface area contributed by atoms with E-state index >= 15 is 0 Å². The molecule has 108 valence electrons. The first-order chi connectivity index (χ1) is 8.96. The summed E-state index contributed by atoms with van der Waals surface area (Å²) in [6, 6.07) is -1.61. The van der Waals surface area contributed by atoms with E-state index in [0.29, 0.717) is 13.1 Å². The van der Waals surface area contributed by atoms with Gasteiger partial charge < -0.3 is 20.6 Å². The summed E-state index contributed by atoms with van der Waals surface area (Å²) in [6.07, 6.45) is 1.54. The molecule has 0 aromatic heterocycles.